The van der Waals surface area contributed by atoms with Crippen molar-refractivity contribution in [2.75, 3.05) is 6.54 Å². The lowest BCUT2D eigenvalue weighted by Gasteiger charge is -2.31. The molecule has 0 saturated heterocycles. The van der Waals surface area contributed by atoms with Gasteiger partial charge >= 0.3 is 0 Å². The fraction of sp³-hybridized carbons (Fsp3) is 0.421. The van der Waals surface area contributed by atoms with Gasteiger partial charge in [0.15, 0.2) is 0 Å². The first-order valence-corrected chi connectivity index (χ1v) is 8.14. The molecule has 23 heavy (non-hydrogen) atoms. The Bertz CT molecular complexity index is 666. The van der Waals surface area contributed by atoms with Crippen molar-refractivity contribution in [3.8, 4) is 6.07 Å². The fourth-order valence-electron chi connectivity index (χ4n) is 3.36. The van der Waals surface area contributed by atoms with Gasteiger partial charge in [-0.1, -0.05) is 43.2 Å². The molecule has 3 rings (SSSR count). The molecule has 1 aromatic carbocycles. The number of furan rings is 1. The van der Waals surface area contributed by atoms with Crippen LogP contribution in [0.4, 0.5) is 0 Å². The molecule has 2 aromatic rings. The molecule has 1 aromatic heterocycles. The number of nitrogens with zero attached hydrogens (tertiary/aromatic N) is 2. The third-order valence-electron chi connectivity index (χ3n) is 4.45. The lowest BCUT2D eigenvalue weighted by Crippen LogP contribution is -2.40. The number of aliphatic hydroxyl groups is 1. The van der Waals surface area contributed by atoms with Crippen molar-refractivity contribution < 1.29 is 9.52 Å². The lowest BCUT2D eigenvalue weighted by atomic mass is 10.0. The van der Waals surface area contributed by atoms with Crippen LogP contribution in [0.25, 0.3) is 0 Å². The highest BCUT2D eigenvalue weighted by Gasteiger charge is 2.33. The molecule has 1 heterocycles. The van der Waals surface area contributed by atoms with Crippen molar-refractivity contribution in [1.82, 2.24) is 4.90 Å². The van der Waals surface area contributed by atoms with Gasteiger partial charge in [0.05, 0.1) is 12.1 Å². The fourth-order valence-corrected chi connectivity index (χ4v) is 3.36. The zero-order chi connectivity index (χ0) is 16.1. The predicted molar refractivity (Wildman–Crippen MR) is 87.4 cm³/mol. The second-order valence-corrected chi connectivity index (χ2v) is 6.44. The van der Waals surface area contributed by atoms with Gasteiger partial charge < -0.3 is 9.52 Å². The molecular weight excluding hydrogens is 288 g/mol. The van der Waals surface area contributed by atoms with Crippen LogP contribution >= 0.6 is 0 Å². The molecule has 0 radical (unpaired) electrons. The summed E-state index contributed by atoms with van der Waals surface area (Å²) in [5.74, 6) is 1.10. The Balaban J connectivity index is 1.73. The highest BCUT2D eigenvalue weighted by molar-refractivity contribution is 5.19. The molecule has 0 atom stereocenters. The van der Waals surface area contributed by atoms with Crippen molar-refractivity contribution in [3.63, 3.8) is 0 Å². The topological polar surface area (TPSA) is 60.4 Å². The summed E-state index contributed by atoms with van der Waals surface area (Å²) in [6.07, 6.45) is 3.91. The Morgan fingerprint density at radius 1 is 1.09 bits per heavy atom. The molecule has 1 aliphatic carbocycles. The average Bonchev–Trinajstić information content (AvgIpc) is 3.17. The average molecular weight is 310 g/mol. The molecule has 1 N–H and O–H groups in total. The molecule has 0 bridgehead atoms. The summed E-state index contributed by atoms with van der Waals surface area (Å²) in [6.45, 7) is 1.98. The van der Waals surface area contributed by atoms with Crippen LogP contribution in [0.15, 0.2) is 46.9 Å². The minimum Gasteiger partial charge on any atom is -0.449 e. The number of rotatable bonds is 6. The van der Waals surface area contributed by atoms with Crippen molar-refractivity contribution in [3.05, 3.63) is 59.5 Å². The molecule has 0 amide bonds. The summed E-state index contributed by atoms with van der Waals surface area (Å²) >= 11 is 0. The van der Waals surface area contributed by atoms with Crippen LogP contribution in [0.2, 0.25) is 0 Å². The van der Waals surface area contributed by atoms with E-state index in [2.05, 4.69) is 17.0 Å². The number of hydrogen-bond acceptors (Lipinski definition) is 4. The van der Waals surface area contributed by atoms with Crippen LogP contribution in [0.3, 0.4) is 0 Å². The minimum atomic E-state index is -0.598. The van der Waals surface area contributed by atoms with Gasteiger partial charge in [0.25, 0.3) is 0 Å². The molecule has 1 saturated carbocycles. The molecule has 4 heteroatoms. The highest BCUT2D eigenvalue weighted by Crippen LogP contribution is 2.31. The zero-order valence-corrected chi connectivity index (χ0v) is 13.2. The molecule has 1 fully saturated rings. The molecule has 0 aliphatic heterocycles. The normalized spacial score (nSPS) is 16.6. The SMILES string of the molecule is N#Cc1ccc(CN(Cc2ccccc2)CC2(O)CCCC2)o1. The van der Waals surface area contributed by atoms with Crippen LogP contribution in [-0.4, -0.2) is 22.2 Å². The first-order valence-electron chi connectivity index (χ1n) is 8.14. The summed E-state index contributed by atoms with van der Waals surface area (Å²) in [6, 6.07) is 15.8. The third kappa shape index (κ3) is 4.22. The maximum atomic E-state index is 10.7. The maximum absolute atomic E-state index is 10.7. The van der Waals surface area contributed by atoms with E-state index in [1.165, 1.54) is 5.56 Å². The summed E-state index contributed by atoms with van der Waals surface area (Å²) in [5, 5.41) is 19.6. The third-order valence-corrected chi connectivity index (χ3v) is 4.45. The van der Waals surface area contributed by atoms with Crippen molar-refractivity contribution in [1.29, 1.82) is 5.26 Å². The van der Waals surface area contributed by atoms with E-state index < -0.39 is 5.60 Å². The maximum Gasteiger partial charge on any atom is 0.203 e. The summed E-state index contributed by atoms with van der Waals surface area (Å²) in [7, 11) is 0. The van der Waals surface area contributed by atoms with Crippen LogP contribution in [-0.2, 0) is 13.1 Å². The van der Waals surface area contributed by atoms with E-state index in [0.717, 1.165) is 38.0 Å². The van der Waals surface area contributed by atoms with E-state index >= 15 is 0 Å². The Morgan fingerprint density at radius 3 is 2.48 bits per heavy atom. The van der Waals surface area contributed by atoms with Crippen LogP contribution in [0, 0.1) is 11.3 Å². The van der Waals surface area contributed by atoms with E-state index in [-0.39, 0.29) is 0 Å². The quantitative estimate of drug-likeness (QED) is 0.887. The van der Waals surface area contributed by atoms with E-state index in [0.29, 0.717) is 18.8 Å². The van der Waals surface area contributed by atoms with Crippen LogP contribution < -0.4 is 0 Å². The van der Waals surface area contributed by atoms with Crippen LogP contribution in [0.1, 0.15) is 42.8 Å². The lowest BCUT2D eigenvalue weighted by molar-refractivity contribution is 0.00284. The van der Waals surface area contributed by atoms with Gasteiger partial charge in [-0.05, 0) is 30.5 Å². The molecule has 1 aliphatic rings. The Kier molecular flexibility index (Phi) is 4.80. The van der Waals surface area contributed by atoms with Gasteiger partial charge in [-0.15, -0.1) is 0 Å². The summed E-state index contributed by atoms with van der Waals surface area (Å²) in [5.41, 5.74) is 0.612. The van der Waals surface area contributed by atoms with Crippen molar-refractivity contribution in [2.24, 2.45) is 0 Å². The zero-order valence-electron chi connectivity index (χ0n) is 13.2. The van der Waals surface area contributed by atoms with Gasteiger partial charge in [-0.25, -0.2) is 0 Å². The molecule has 0 spiro atoms. The second-order valence-electron chi connectivity index (χ2n) is 6.44. The number of nitriles is 1. The van der Waals surface area contributed by atoms with E-state index in [1.54, 1.807) is 6.07 Å². The summed E-state index contributed by atoms with van der Waals surface area (Å²) in [4.78, 5) is 2.21. The first-order chi connectivity index (χ1) is 11.2. The summed E-state index contributed by atoms with van der Waals surface area (Å²) < 4.78 is 5.51. The van der Waals surface area contributed by atoms with Gasteiger partial charge in [0.1, 0.15) is 11.8 Å². The van der Waals surface area contributed by atoms with Gasteiger partial charge in [-0.2, -0.15) is 5.26 Å². The largest absolute Gasteiger partial charge is 0.449 e. The Morgan fingerprint density at radius 2 is 1.83 bits per heavy atom. The van der Waals surface area contributed by atoms with Crippen molar-refractivity contribution in [2.45, 2.75) is 44.4 Å². The van der Waals surface area contributed by atoms with E-state index in [1.807, 2.05) is 30.3 Å². The van der Waals surface area contributed by atoms with E-state index in [9.17, 15) is 5.11 Å². The standard InChI is InChI=1S/C19H22N2O2/c20-12-17-8-9-18(23-17)14-21(13-16-6-2-1-3-7-16)15-19(22)10-4-5-11-19/h1-3,6-9,22H,4-5,10-11,13-15H2. The minimum absolute atomic E-state index is 0.333. The highest BCUT2D eigenvalue weighted by atomic mass is 16.3. The van der Waals surface area contributed by atoms with Crippen molar-refractivity contribution >= 4 is 0 Å². The Labute approximate surface area is 137 Å². The first kappa shape index (κ1) is 15.8. The van der Waals surface area contributed by atoms with Gasteiger partial charge in [0, 0.05) is 13.1 Å². The molecule has 0 unspecified atom stereocenters. The van der Waals surface area contributed by atoms with E-state index in [4.69, 9.17) is 9.68 Å². The molecular formula is C19H22N2O2. The van der Waals surface area contributed by atoms with Gasteiger partial charge in [-0.3, -0.25) is 4.90 Å². The smallest absolute Gasteiger partial charge is 0.203 e. The number of hydrogen-bond donors (Lipinski definition) is 1. The Hall–Kier alpha value is -2.09. The monoisotopic (exact) mass is 310 g/mol. The second kappa shape index (κ2) is 6.99. The van der Waals surface area contributed by atoms with Gasteiger partial charge in [0.2, 0.25) is 5.76 Å². The molecule has 4 nitrogen and oxygen atoms in total. The van der Waals surface area contributed by atoms with Crippen LogP contribution in [0.5, 0.6) is 0 Å². The molecule has 120 valence electrons. The number of benzene rings is 1. The predicted octanol–water partition coefficient (Wildman–Crippen LogP) is 3.46.